The SMILES string of the molecule is CCCCCC#CCC(C=C=C1CCCCC1)(C(=O)OC)C(=O)OC. The normalized spacial score (nSPS) is 14.0. The van der Waals surface area contributed by atoms with E-state index in [-0.39, 0.29) is 6.42 Å². The Morgan fingerprint density at radius 1 is 1.04 bits per heavy atom. The van der Waals surface area contributed by atoms with Gasteiger partial charge in [0.1, 0.15) is 0 Å². The molecule has 0 aromatic heterocycles. The number of hydrogen-bond donors (Lipinski definition) is 0. The van der Waals surface area contributed by atoms with Crippen molar-refractivity contribution in [3.63, 3.8) is 0 Å². The van der Waals surface area contributed by atoms with Gasteiger partial charge in [0.05, 0.1) is 14.2 Å². The van der Waals surface area contributed by atoms with Gasteiger partial charge in [-0.15, -0.1) is 17.6 Å². The molecule has 25 heavy (non-hydrogen) atoms. The van der Waals surface area contributed by atoms with Gasteiger partial charge in [0.15, 0.2) is 0 Å². The van der Waals surface area contributed by atoms with Gasteiger partial charge in [-0.1, -0.05) is 26.2 Å². The third-order valence-corrected chi connectivity index (χ3v) is 4.48. The average molecular weight is 346 g/mol. The summed E-state index contributed by atoms with van der Waals surface area (Å²) < 4.78 is 9.77. The number of hydrogen-bond acceptors (Lipinski definition) is 4. The minimum atomic E-state index is -1.54. The smallest absolute Gasteiger partial charge is 0.328 e. The minimum Gasteiger partial charge on any atom is -0.468 e. The van der Waals surface area contributed by atoms with Gasteiger partial charge in [-0.05, 0) is 43.8 Å². The van der Waals surface area contributed by atoms with Crippen LogP contribution in [0.2, 0.25) is 0 Å². The molecule has 1 saturated carbocycles. The fourth-order valence-corrected chi connectivity index (χ4v) is 2.86. The lowest BCUT2D eigenvalue weighted by Gasteiger charge is -2.22. The second-order valence-electron chi connectivity index (χ2n) is 6.39. The Hall–Kier alpha value is -1.98. The quantitative estimate of drug-likeness (QED) is 0.226. The number of rotatable bonds is 7. The monoisotopic (exact) mass is 346 g/mol. The third-order valence-electron chi connectivity index (χ3n) is 4.48. The lowest BCUT2D eigenvalue weighted by atomic mass is 9.83. The summed E-state index contributed by atoms with van der Waals surface area (Å²) in [6, 6.07) is 0. The third kappa shape index (κ3) is 6.44. The molecule has 138 valence electrons. The summed E-state index contributed by atoms with van der Waals surface area (Å²) in [4.78, 5) is 24.8. The van der Waals surface area contributed by atoms with Crippen molar-refractivity contribution in [1.29, 1.82) is 0 Å². The van der Waals surface area contributed by atoms with Crippen molar-refractivity contribution >= 4 is 11.9 Å². The first-order valence-corrected chi connectivity index (χ1v) is 9.19. The van der Waals surface area contributed by atoms with E-state index < -0.39 is 17.4 Å². The van der Waals surface area contributed by atoms with Crippen LogP contribution in [0.4, 0.5) is 0 Å². The first-order chi connectivity index (χ1) is 12.1. The number of methoxy groups -OCH3 is 2. The minimum absolute atomic E-state index is 0.0543. The van der Waals surface area contributed by atoms with E-state index in [2.05, 4.69) is 24.5 Å². The molecule has 0 heterocycles. The van der Waals surface area contributed by atoms with Crippen LogP contribution in [-0.4, -0.2) is 26.2 Å². The summed E-state index contributed by atoms with van der Waals surface area (Å²) in [5.74, 6) is 4.73. The summed E-state index contributed by atoms with van der Waals surface area (Å²) in [6.07, 6.45) is 11.0. The Balaban J connectivity index is 3.07. The molecule has 4 heteroatoms. The van der Waals surface area contributed by atoms with Gasteiger partial charge in [0, 0.05) is 12.8 Å². The average Bonchev–Trinajstić information content (AvgIpc) is 2.66. The van der Waals surface area contributed by atoms with Crippen LogP contribution in [0.5, 0.6) is 0 Å². The van der Waals surface area contributed by atoms with Crippen molar-refractivity contribution in [2.75, 3.05) is 14.2 Å². The van der Waals surface area contributed by atoms with Crippen LogP contribution in [-0.2, 0) is 19.1 Å². The second kappa shape index (κ2) is 11.6. The van der Waals surface area contributed by atoms with Gasteiger partial charge >= 0.3 is 11.9 Å². The zero-order valence-electron chi connectivity index (χ0n) is 15.8. The highest BCUT2D eigenvalue weighted by molar-refractivity contribution is 6.02. The first-order valence-electron chi connectivity index (χ1n) is 9.19. The molecular formula is C21H30O4. The van der Waals surface area contributed by atoms with Crippen molar-refractivity contribution in [3.8, 4) is 11.8 Å². The summed E-state index contributed by atoms with van der Waals surface area (Å²) in [7, 11) is 2.55. The van der Waals surface area contributed by atoms with Crippen molar-refractivity contribution in [2.45, 2.75) is 71.1 Å². The maximum Gasteiger partial charge on any atom is 0.328 e. The molecule has 0 atom stereocenters. The van der Waals surface area contributed by atoms with Gasteiger partial charge in [0.2, 0.25) is 5.41 Å². The van der Waals surface area contributed by atoms with Crippen LogP contribution in [0.1, 0.15) is 71.1 Å². The van der Waals surface area contributed by atoms with Crippen molar-refractivity contribution in [2.24, 2.45) is 5.41 Å². The maximum absolute atomic E-state index is 12.4. The molecule has 1 aliphatic rings. The molecule has 0 aromatic rings. The molecule has 0 saturated heterocycles. The number of carbonyl (C=O) groups excluding carboxylic acids is 2. The van der Waals surface area contributed by atoms with Gasteiger partial charge in [0.25, 0.3) is 0 Å². The van der Waals surface area contributed by atoms with Gasteiger partial charge in [-0.25, -0.2) is 0 Å². The van der Waals surface area contributed by atoms with E-state index in [9.17, 15) is 9.59 Å². The van der Waals surface area contributed by atoms with Crippen LogP contribution in [0.3, 0.4) is 0 Å². The molecule has 1 fully saturated rings. The zero-order chi connectivity index (χ0) is 18.5. The predicted octanol–water partition coefficient (Wildman–Crippen LogP) is 4.34. The first kappa shape index (κ1) is 21.1. The van der Waals surface area contributed by atoms with E-state index in [1.54, 1.807) is 0 Å². The Kier molecular flexibility index (Phi) is 9.73. The Bertz CT molecular complexity index is 546. The predicted molar refractivity (Wildman–Crippen MR) is 97.7 cm³/mol. The Morgan fingerprint density at radius 2 is 1.68 bits per heavy atom. The fraction of sp³-hybridized carbons (Fsp3) is 0.667. The molecular weight excluding hydrogens is 316 g/mol. The molecule has 0 bridgehead atoms. The Labute approximate surface area is 151 Å². The Morgan fingerprint density at radius 3 is 2.24 bits per heavy atom. The zero-order valence-corrected chi connectivity index (χ0v) is 15.8. The molecule has 0 unspecified atom stereocenters. The summed E-state index contributed by atoms with van der Waals surface area (Å²) in [5, 5.41) is 0. The van der Waals surface area contributed by atoms with Crippen molar-refractivity contribution in [1.82, 2.24) is 0 Å². The van der Waals surface area contributed by atoms with Crippen LogP contribution in [0.15, 0.2) is 17.4 Å². The summed E-state index contributed by atoms with van der Waals surface area (Å²) in [5.41, 5.74) is 2.78. The number of esters is 2. The highest BCUT2D eigenvalue weighted by Gasteiger charge is 2.46. The van der Waals surface area contributed by atoms with Crippen molar-refractivity contribution in [3.05, 3.63) is 17.4 Å². The van der Waals surface area contributed by atoms with E-state index in [0.717, 1.165) is 56.9 Å². The molecule has 0 aromatic carbocycles. The molecule has 0 spiro atoms. The number of unbranched alkanes of at least 4 members (excludes halogenated alkanes) is 3. The molecule has 1 rings (SSSR count). The van der Waals surface area contributed by atoms with Crippen LogP contribution < -0.4 is 0 Å². The van der Waals surface area contributed by atoms with Crippen molar-refractivity contribution < 1.29 is 19.1 Å². The second-order valence-corrected chi connectivity index (χ2v) is 6.39. The van der Waals surface area contributed by atoms with E-state index in [1.807, 2.05) is 0 Å². The number of ether oxygens (including phenoxy) is 2. The maximum atomic E-state index is 12.4. The molecule has 0 aliphatic heterocycles. The molecule has 0 amide bonds. The van der Waals surface area contributed by atoms with Gasteiger partial charge in [-0.2, -0.15) is 0 Å². The lowest BCUT2D eigenvalue weighted by molar-refractivity contribution is -0.164. The highest BCUT2D eigenvalue weighted by atomic mass is 16.5. The molecule has 1 aliphatic carbocycles. The van der Waals surface area contributed by atoms with E-state index in [1.165, 1.54) is 26.7 Å². The van der Waals surface area contributed by atoms with Gasteiger partial charge in [-0.3, -0.25) is 9.59 Å². The van der Waals surface area contributed by atoms with E-state index in [0.29, 0.717) is 0 Å². The van der Waals surface area contributed by atoms with E-state index in [4.69, 9.17) is 9.47 Å². The standard InChI is InChI=1S/C21H30O4/c1-4-5-6-7-8-12-16-21(19(22)24-2,20(23)25-3)17-15-18-13-10-9-11-14-18/h17H,4-7,9-11,13-14,16H2,1-3H3. The van der Waals surface area contributed by atoms with Gasteiger partial charge < -0.3 is 9.47 Å². The fourth-order valence-electron chi connectivity index (χ4n) is 2.86. The summed E-state index contributed by atoms with van der Waals surface area (Å²) in [6.45, 7) is 2.14. The molecule has 4 nitrogen and oxygen atoms in total. The van der Waals surface area contributed by atoms with Crippen LogP contribution in [0.25, 0.3) is 0 Å². The van der Waals surface area contributed by atoms with Crippen LogP contribution >= 0.6 is 0 Å². The van der Waals surface area contributed by atoms with Crippen LogP contribution in [0, 0.1) is 17.3 Å². The van der Waals surface area contributed by atoms with E-state index >= 15 is 0 Å². The lowest BCUT2D eigenvalue weighted by Crippen LogP contribution is -2.39. The topological polar surface area (TPSA) is 52.6 Å². The largest absolute Gasteiger partial charge is 0.468 e. The molecule has 0 radical (unpaired) electrons. The molecule has 0 N–H and O–H groups in total. The number of carbonyl (C=O) groups is 2. The summed E-state index contributed by atoms with van der Waals surface area (Å²) >= 11 is 0. The highest BCUT2D eigenvalue weighted by Crippen LogP contribution is 2.29.